The summed E-state index contributed by atoms with van der Waals surface area (Å²) in [6.07, 6.45) is 2.03. The van der Waals surface area contributed by atoms with Gasteiger partial charge in [0.05, 0.1) is 11.4 Å². The molecule has 2 aromatic carbocycles. The molecule has 0 aliphatic rings. The Balaban J connectivity index is 2.50. The van der Waals surface area contributed by atoms with E-state index in [1.165, 1.54) is 0 Å². The fourth-order valence-corrected chi connectivity index (χ4v) is 3.16. The zero-order chi connectivity index (χ0) is 17.1. The van der Waals surface area contributed by atoms with Crippen LogP contribution in [0.25, 0.3) is 0 Å². The smallest absolute Gasteiger partial charge is 0.193 e. The van der Waals surface area contributed by atoms with Gasteiger partial charge in [-0.2, -0.15) is 0 Å². The van der Waals surface area contributed by atoms with Gasteiger partial charge in [0.2, 0.25) is 0 Å². The lowest BCUT2D eigenvalue weighted by atomic mass is 9.96. The predicted molar refractivity (Wildman–Crippen MR) is 101 cm³/mol. The third-order valence-corrected chi connectivity index (χ3v) is 4.68. The Bertz CT molecular complexity index is 706. The zero-order valence-corrected chi connectivity index (χ0v) is 15.5. The first-order valence-corrected chi connectivity index (χ1v) is 8.76. The van der Waals surface area contributed by atoms with Crippen molar-refractivity contribution in [1.29, 1.82) is 0 Å². The molecular formula is C19H24N2OS. The van der Waals surface area contributed by atoms with Gasteiger partial charge in [-0.15, -0.1) is 11.8 Å². The number of anilines is 2. The molecule has 0 aromatic heterocycles. The second-order valence-corrected chi connectivity index (χ2v) is 6.83. The highest BCUT2D eigenvalue weighted by Gasteiger charge is 2.18. The Labute approximate surface area is 143 Å². The standard InChI is InChI=1S/C19H24N2OS/c1-13-16(11-12-17(20(2)3)18(13)21(4)5)19(22)14-7-9-15(23-6)10-8-14/h7-12H,1-6H3. The number of carbonyl (C=O) groups is 1. The summed E-state index contributed by atoms with van der Waals surface area (Å²) in [5, 5.41) is 0. The van der Waals surface area contributed by atoms with Gasteiger partial charge in [0.15, 0.2) is 5.78 Å². The highest BCUT2D eigenvalue weighted by molar-refractivity contribution is 7.98. The van der Waals surface area contributed by atoms with Crippen LogP contribution in [-0.2, 0) is 0 Å². The van der Waals surface area contributed by atoms with Crippen LogP contribution in [0.1, 0.15) is 21.5 Å². The third kappa shape index (κ3) is 3.53. The molecule has 0 aliphatic carbocycles. The predicted octanol–water partition coefficient (Wildman–Crippen LogP) is 4.08. The van der Waals surface area contributed by atoms with E-state index < -0.39 is 0 Å². The lowest BCUT2D eigenvalue weighted by Gasteiger charge is -2.26. The molecule has 0 heterocycles. The van der Waals surface area contributed by atoms with Crippen molar-refractivity contribution in [2.24, 2.45) is 0 Å². The summed E-state index contributed by atoms with van der Waals surface area (Å²) in [4.78, 5) is 18.2. The van der Waals surface area contributed by atoms with E-state index >= 15 is 0 Å². The van der Waals surface area contributed by atoms with Crippen LogP contribution in [0.5, 0.6) is 0 Å². The minimum Gasteiger partial charge on any atom is -0.376 e. The number of carbonyl (C=O) groups excluding carboxylic acids is 1. The summed E-state index contributed by atoms with van der Waals surface area (Å²) < 4.78 is 0. The summed E-state index contributed by atoms with van der Waals surface area (Å²) in [5.74, 6) is 0.0727. The highest BCUT2D eigenvalue weighted by Crippen LogP contribution is 2.33. The third-order valence-electron chi connectivity index (χ3n) is 3.94. The highest BCUT2D eigenvalue weighted by atomic mass is 32.2. The Morgan fingerprint density at radius 2 is 1.52 bits per heavy atom. The Kier molecular flexibility index (Phi) is 5.37. The van der Waals surface area contributed by atoms with Gasteiger partial charge in [0, 0.05) is 44.2 Å². The van der Waals surface area contributed by atoms with Crippen LogP contribution in [0.2, 0.25) is 0 Å². The second-order valence-electron chi connectivity index (χ2n) is 5.95. The Morgan fingerprint density at radius 1 is 0.913 bits per heavy atom. The summed E-state index contributed by atoms with van der Waals surface area (Å²) >= 11 is 1.68. The molecule has 0 saturated carbocycles. The van der Waals surface area contributed by atoms with Crippen molar-refractivity contribution in [3.63, 3.8) is 0 Å². The van der Waals surface area contributed by atoms with E-state index in [9.17, 15) is 4.79 Å². The van der Waals surface area contributed by atoms with Crippen molar-refractivity contribution in [3.05, 3.63) is 53.1 Å². The van der Waals surface area contributed by atoms with Gasteiger partial charge >= 0.3 is 0 Å². The van der Waals surface area contributed by atoms with Crippen LogP contribution in [0, 0.1) is 6.92 Å². The number of hydrogen-bond acceptors (Lipinski definition) is 4. The number of ketones is 1. The van der Waals surface area contributed by atoms with Gasteiger partial charge in [-0.3, -0.25) is 4.79 Å². The molecule has 0 N–H and O–H groups in total. The molecule has 2 aromatic rings. The van der Waals surface area contributed by atoms with Crippen molar-refractivity contribution in [3.8, 4) is 0 Å². The summed E-state index contributed by atoms with van der Waals surface area (Å²) in [7, 11) is 8.06. The van der Waals surface area contributed by atoms with Gasteiger partial charge in [-0.25, -0.2) is 0 Å². The van der Waals surface area contributed by atoms with Crippen molar-refractivity contribution >= 4 is 28.9 Å². The van der Waals surface area contributed by atoms with Crippen LogP contribution in [0.3, 0.4) is 0 Å². The minimum absolute atomic E-state index is 0.0727. The molecule has 0 fully saturated rings. The van der Waals surface area contributed by atoms with Crippen molar-refractivity contribution < 1.29 is 4.79 Å². The van der Waals surface area contributed by atoms with E-state index in [4.69, 9.17) is 0 Å². The number of hydrogen-bond donors (Lipinski definition) is 0. The first-order valence-electron chi connectivity index (χ1n) is 7.53. The van der Waals surface area contributed by atoms with Crippen molar-refractivity contribution in [2.75, 3.05) is 44.2 Å². The number of nitrogens with zero attached hydrogens (tertiary/aromatic N) is 2. The second kappa shape index (κ2) is 7.09. The first-order chi connectivity index (χ1) is 10.9. The fourth-order valence-electron chi connectivity index (χ4n) is 2.76. The number of benzene rings is 2. The molecule has 0 atom stereocenters. The first kappa shape index (κ1) is 17.4. The largest absolute Gasteiger partial charge is 0.376 e. The summed E-state index contributed by atoms with van der Waals surface area (Å²) in [6.45, 7) is 2.02. The maximum absolute atomic E-state index is 12.9. The molecular weight excluding hydrogens is 304 g/mol. The minimum atomic E-state index is 0.0727. The molecule has 0 saturated heterocycles. The molecule has 0 spiro atoms. The van der Waals surface area contributed by atoms with E-state index in [2.05, 4.69) is 9.80 Å². The van der Waals surface area contributed by atoms with Crippen LogP contribution >= 0.6 is 11.8 Å². The molecule has 0 radical (unpaired) electrons. The molecule has 4 heteroatoms. The van der Waals surface area contributed by atoms with Crippen molar-refractivity contribution in [1.82, 2.24) is 0 Å². The van der Waals surface area contributed by atoms with Crippen LogP contribution in [0.4, 0.5) is 11.4 Å². The average molecular weight is 328 g/mol. The molecule has 122 valence electrons. The molecule has 0 amide bonds. The zero-order valence-electron chi connectivity index (χ0n) is 14.7. The molecule has 0 bridgehead atoms. The molecule has 2 rings (SSSR count). The fraction of sp³-hybridized carbons (Fsp3) is 0.316. The van der Waals surface area contributed by atoms with Crippen molar-refractivity contribution in [2.45, 2.75) is 11.8 Å². The molecule has 23 heavy (non-hydrogen) atoms. The normalized spacial score (nSPS) is 10.5. The maximum Gasteiger partial charge on any atom is 0.193 e. The van der Waals surface area contributed by atoms with E-state index in [1.54, 1.807) is 11.8 Å². The van der Waals surface area contributed by atoms with Gasteiger partial charge in [-0.1, -0.05) is 0 Å². The maximum atomic E-state index is 12.9. The lowest BCUT2D eigenvalue weighted by molar-refractivity contribution is 0.103. The number of rotatable bonds is 5. The summed E-state index contributed by atoms with van der Waals surface area (Å²) in [6, 6.07) is 11.8. The van der Waals surface area contributed by atoms with Gasteiger partial charge < -0.3 is 9.80 Å². The summed E-state index contributed by atoms with van der Waals surface area (Å²) in [5.41, 5.74) is 4.70. The Hall–Kier alpha value is -1.94. The lowest BCUT2D eigenvalue weighted by Crippen LogP contribution is -2.19. The topological polar surface area (TPSA) is 23.6 Å². The monoisotopic (exact) mass is 328 g/mol. The quantitative estimate of drug-likeness (QED) is 0.609. The average Bonchev–Trinajstić information content (AvgIpc) is 2.53. The van der Waals surface area contributed by atoms with E-state index in [0.717, 1.165) is 33.0 Å². The van der Waals surface area contributed by atoms with Gasteiger partial charge in [-0.05, 0) is 55.1 Å². The molecule has 3 nitrogen and oxygen atoms in total. The van der Waals surface area contributed by atoms with Gasteiger partial charge in [0.25, 0.3) is 0 Å². The van der Waals surface area contributed by atoms with Crippen LogP contribution in [0.15, 0.2) is 41.3 Å². The Morgan fingerprint density at radius 3 is 2.00 bits per heavy atom. The van der Waals surface area contributed by atoms with E-state index in [-0.39, 0.29) is 5.78 Å². The van der Waals surface area contributed by atoms with E-state index in [1.807, 2.05) is 77.8 Å². The van der Waals surface area contributed by atoms with Crippen LogP contribution in [-0.4, -0.2) is 40.2 Å². The van der Waals surface area contributed by atoms with Gasteiger partial charge in [0.1, 0.15) is 0 Å². The van der Waals surface area contributed by atoms with Crippen LogP contribution < -0.4 is 9.80 Å². The number of thioether (sulfide) groups is 1. The van der Waals surface area contributed by atoms with E-state index in [0.29, 0.717) is 0 Å². The molecule has 0 unspecified atom stereocenters. The SMILES string of the molecule is CSc1ccc(C(=O)c2ccc(N(C)C)c(N(C)C)c2C)cc1. The molecule has 0 aliphatic heterocycles.